The third-order valence-electron chi connectivity index (χ3n) is 4.81. The summed E-state index contributed by atoms with van der Waals surface area (Å²) in [6.07, 6.45) is 7.82. The predicted octanol–water partition coefficient (Wildman–Crippen LogP) is 3.11. The smallest absolute Gasteiger partial charge is 0.141 e. The van der Waals surface area contributed by atoms with E-state index in [2.05, 4.69) is 23.1 Å². The SMILES string of the molecule is Cc1cnn(CCCN2CCC[C@@H](C(=O)Cc3ccccc3)C2)c1. The quantitative estimate of drug-likeness (QED) is 0.785. The molecule has 4 heteroatoms. The lowest BCUT2D eigenvalue weighted by atomic mass is 9.90. The summed E-state index contributed by atoms with van der Waals surface area (Å²) in [5.74, 6) is 0.597. The van der Waals surface area contributed by atoms with Crippen molar-refractivity contribution >= 4 is 5.78 Å². The van der Waals surface area contributed by atoms with E-state index in [-0.39, 0.29) is 5.92 Å². The standard InChI is InChI=1S/C20H27N3O/c1-17-14-21-23(15-17)12-6-11-22-10-5-9-19(16-22)20(24)13-18-7-3-2-4-8-18/h2-4,7-8,14-15,19H,5-6,9-13,16H2,1H3/t19-/m1/s1. The number of benzene rings is 1. The molecular formula is C20H27N3O. The maximum atomic E-state index is 12.6. The van der Waals surface area contributed by atoms with Crippen molar-refractivity contribution in [3.05, 3.63) is 53.9 Å². The van der Waals surface area contributed by atoms with Gasteiger partial charge in [0.25, 0.3) is 0 Å². The fourth-order valence-corrected chi connectivity index (χ4v) is 3.51. The molecule has 1 fully saturated rings. The van der Waals surface area contributed by atoms with Gasteiger partial charge >= 0.3 is 0 Å². The lowest BCUT2D eigenvalue weighted by molar-refractivity contribution is -0.123. The van der Waals surface area contributed by atoms with Crippen molar-refractivity contribution in [2.75, 3.05) is 19.6 Å². The Morgan fingerprint density at radius 3 is 2.83 bits per heavy atom. The van der Waals surface area contributed by atoms with Crippen LogP contribution in [-0.4, -0.2) is 40.1 Å². The zero-order valence-electron chi connectivity index (χ0n) is 14.5. The zero-order valence-corrected chi connectivity index (χ0v) is 14.5. The molecule has 1 atom stereocenters. The van der Waals surface area contributed by atoms with Crippen LogP contribution in [0, 0.1) is 12.8 Å². The Bertz CT molecular complexity index is 650. The molecule has 0 radical (unpaired) electrons. The maximum Gasteiger partial charge on any atom is 0.141 e. The van der Waals surface area contributed by atoms with Crippen molar-refractivity contribution in [2.45, 2.75) is 39.2 Å². The van der Waals surface area contributed by atoms with Gasteiger partial charge in [0.15, 0.2) is 0 Å². The molecule has 2 aromatic rings. The van der Waals surface area contributed by atoms with E-state index >= 15 is 0 Å². The number of carbonyl (C=O) groups excluding carboxylic acids is 1. The molecule has 2 heterocycles. The highest BCUT2D eigenvalue weighted by molar-refractivity contribution is 5.83. The number of Topliss-reactive ketones (excluding diaryl/α,β-unsaturated/α-hetero) is 1. The van der Waals surface area contributed by atoms with Crippen LogP contribution in [0.5, 0.6) is 0 Å². The molecule has 1 aliphatic rings. The van der Waals surface area contributed by atoms with Gasteiger partial charge in [0, 0.05) is 31.6 Å². The van der Waals surface area contributed by atoms with Gasteiger partial charge in [-0.25, -0.2) is 0 Å². The van der Waals surface area contributed by atoms with E-state index in [1.165, 1.54) is 5.56 Å². The summed E-state index contributed by atoms with van der Waals surface area (Å²) >= 11 is 0. The molecule has 128 valence electrons. The second-order valence-corrected chi connectivity index (χ2v) is 6.90. The van der Waals surface area contributed by atoms with Crippen molar-refractivity contribution < 1.29 is 4.79 Å². The first-order valence-corrected chi connectivity index (χ1v) is 8.99. The molecule has 0 unspecified atom stereocenters. The van der Waals surface area contributed by atoms with Crippen molar-refractivity contribution in [3.63, 3.8) is 0 Å². The molecule has 0 amide bonds. The van der Waals surface area contributed by atoms with Gasteiger partial charge in [0.2, 0.25) is 0 Å². The predicted molar refractivity (Wildman–Crippen MR) is 95.9 cm³/mol. The molecule has 0 aliphatic carbocycles. The molecule has 3 rings (SSSR count). The second-order valence-electron chi connectivity index (χ2n) is 6.90. The van der Waals surface area contributed by atoms with E-state index in [1.807, 2.05) is 41.2 Å². The number of hydrogen-bond acceptors (Lipinski definition) is 3. The van der Waals surface area contributed by atoms with Crippen LogP contribution in [0.2, 0.25) is 0 Å². The minimum absolute atomic E-state index is 0.200. The lowest BCUT2D eigenvalue weighted by Gasteiger charge is -2.32. The molecule has 0 bridgehead atoms. The van der Waals surface area contributed by atoms with Crippen LogP contribution in [0.1, 0.15) is 30.4 Å². The summed E-state index contributed by atoms with van der Waals surface area (Å²) in [6, 6.07) is 10.1. The number of carbonyl (C=O) groups is 1. The van der Waals surface area contributed by atoms with E-state index in [1.54, 1.807) is 0 Å². The summed E-state index contributed by atoms with van der Waals surface area (Å²) in [4.78, 5) is 15.0. The molecule has 1 aromatic heterocycles. The Kier molecular flexibility index (Phi) is 5.81. The summed E-state index contributed by atoms with van der Waals surface area (Å²) in [7, 11) is 0. The number of rotatable bonds is 7. The normalized spacial score (nSPS) is 18.6. The number of nitrogens with zero attached hydrogens (tertiary/aromatic N) is 3. The third kappa shape index (κ3) is 4.78. The molecule has 1 aromatic carbocycles. The van der Waals surface area contributed by atoms with Crippen LogP contribution >= 0.6 is 0 Å². The van der Waals surface area contributed by atoms with E-state index < -0.39 is 0 Å². The highest BCUT2D eigenvalue weighted by Gasteiger charge is 2.25. The van der Waals surface area contributed by atoms with Gasteiger partial charge in [-0.15, -0.1) is 0 Å². The molecule has 0 saturated carbocycles. The van der Waals surface area contributed by atoms with Gasteiger partial charge in [-0.05, 0) is 50.4 Å². The summed E-state index contributed by atoms with van der Waals surface area (Å²) < 4.78 is 2.01. The number of aromatic nitrogens is 2. The van der Waals surface area contributed by atoms with Crippen molar-refractivity contribution in [1.29, 1.82) is 0 Å². The fraction of sp³-hybridized carbons (Fsp3) is 0.500. The van der Waals surface area contributed by atoms with E-state index in [4.69, 9.17) is 0 Å². The molecule has 0 N–H and O–H groups in total. The first-order chi connectivity index (χ1) is 11.7. The van der Waals surface area contributed by atoms with Gasteiger partial charge in [0.05, 0.1) is 6.20 Å². The second kappa shape index (κ2) is 8.25. The molecular weight excluding hydrogens is 298 g/mol. The Labute approximate surface area is 144 Å². The van der Waals surface area contributed by atoms with Gasteiger partial charge in [-0.2, -0.15) is 5.10 Å². The van der Waals surface area contributed by atoms with Gasteiger partial charge in [0.1, 0.15) is 5.78 Å². The van der Waals surface area contributed by atoms with Crippen molar-refractivity contribution in [3.8, 4) is 0 Å². The summed E-state index contributed by atoms with van der Waals surface area (Å²) in [5.41, 5.74) is 2.34. The largest absolute Gasteiger partial charge is 0.303 e. The van der Waals surface area contributed by atoms with Gasteiger partial charge in [-0.1, -0.05) is 30.3 Å². The average molecular weight is 325 g/mol. The fourth-order valence-electron chi connectivity index (χ4n) is 3.51. The molecule has 4 nitrogen and oxygen atoms in total. The molecule has 1 saturated heterocycles. The topological polar surface area (TPSA) is 38.1 Å². The van der Waals surface area contributed by atoms with Crippen LogP contribution in [0.4, 0.5) is 0 Å². The van der Waals surface area contributed by atoms with E-state index in [0.717, 1.165) is 51.0 Å². The van der Waals surface area contributed by atoms with E-state index in [9.17, 15) is 4.79 Å². The minimum Gasteiger partial charge on any atom is -0.303 e. The monoisotopic (exact) mass is 325 g/mol. The number of likely N-dealkylation sites (tertiary alicyclic amines) is 1. The van der Waals surface area contributed by atoms with Crippen LogP contribution in [0.3, 0.4) is 0 Å². The van der Waals surface area contributed by atoms with E-state index in [0.29, 0.717) is 12.2 Å². The van der Waals surface area contributed by atoms with Crippen LogP contribution in [-0.2, 0) is 17.8 Å². The highest BCUT2D eigenvalue weighted by Crippen LogP contribution is 2.19. The van der Waals surface area contributed by atoms with Gasteiger partial charge < -0.3 is 4.90 Å². The first-order valence-electron chi connectivity index (χ1n) is 8.99. The third-order valence-corrected chi connectivity index (χ3v) is 4.81. The Morgan fingerprint density at radius 2 is 2.08 bits per heavy atom. The average Bonchev–Trinajstić information content (AvgIpc) is 3.01. The van der Waals surface area contributed by atoms with Crippen LogP contribution in [0.25, 0.3) is 0 Å². The molecule has 0 spiro atoms. The maximum absolute atomic E-state index is 12.6. The van der Waals surface area contributed by atoms with Gasteiger partial charge in [-0.3, -0.25) is 9.48 Å². The highest BCUT2D eigenvalue weighted by atomic mass is 16.1. The molecule has 1 aliphatic heterocycles. The summed E-state index contributed by atoms with van der Waals surface area (Å²) in [5, 5.41) is 4.33. The number of piperidine rings is 1. The van der Waals surface area contributed by atoms with Crippen LogP contribution in [0.15, 0.2) is 42.7 Å². The van der Waals surface area contributed by atoms with Crippen LogP contribution < -0.4 is 0 Å². The Hall–Kier alpha value is -1.94. The van der Waals surface area contributed by atoms with Crippen molar-refractivity contribution in [2.24, 2.45) is 5.92 Å². The van der Waals surface area contributed by atoms with Crippen molar-refractivity contribution in [1.82, 2.24) is 14.7 Å². The first kappa shape index (κ1) is 16.9. The summed E-state index contributed by atoms with van der Waals surface area (Å²) in [6.45, 7) is 6.11. The lowest BCUT2D eigenvalue weighted by Crippen LogP contribution is -2.39. The molecule has 24 heavy (non-hydrogen) atoms. The Balaban J connectivity index is 1.44. The number of hydrogen-bond donors (Lipinski definition) is 0. The number of ketones is 1. The number of aryl methyl sites for hydroxylation is 2. The zero-order chi connectivity index (χ0) is 16.8. The minimum atomic E-state index is 0.200. The Morgan fingerprint density at radius 1 is 1.25 bits per heavy atom.